The molecule has 30 heavy (non-hydrogen) atoms. The first-order valence-electron chi connectivity index (χ1n) is 10.4. The van der Waals surface area contributed by atoms with Gasteiger partial charge in [0.25, 0.3) is 5.91 Å². The molecule has 3 heterocycles. The fourth-order valence-corrected chi connectivity index (χ4v) is 4.25. The summed E-state index contributed by atoms with van der Waals surface area (Å²) in [6.45, 7) is 10.7. The number of carbonyl (C=O) groups excluding carboxylic acids is 2. The van der Waals surface area contributed by atoms with Gasteiger partial charge in [0.05, 0.1) is 12.2 Å². The van der Waals surface area contributed by atoms with Crippen LogP contribution < -0.4 is 9.64 Å². The quantitative estimate of drug-likeness (QED) is 0.763. The zero-order valence-corrected chi connectivity index (χ0v) is 18.0. The lowest BCUT2D eigenvalue weighted by molar-refractivity contribution is 0.0707. The van der Waals surface area contributed by atoms with Gasteiger partial charge >= 0.3 is 0 Å². The van der Waals surface area contributed by atoms with E-state index >= 15 is 0 Å². The summed E-state index contributed by atoms with van der Waals surface area (Å²) in [7, 11) is 0. The summed E-state index contributed by atoms with van der Waals surface area (Å²) in [4.78, 5) is 38.3. The van der Waals surface area contributed by atoms with Crippen molar-refractivity contribution in [2.75, 3.05) is 37.7 Å². The summed E-state index contributed by atoms with van der Waals surface area (Å²) in [5.41, 5.74) is 1.14. The number of fused-ring (bicyclic) bond motifs is 1. The van der Waals surface area contributed by atoms with Crippen molar-refractivity contribution in [2.24, 2.45) is 5.41 Å². The molecule has 0 bridgehead atoms. The van der Waals surface area contributed by atoms with E-state index in [-0.39, 0.29) is 17.1 Å². The number of furan rings is 1. The number of anilines is 1. The number of aromatic nitrogens is 2. The molecule has 0 unspecified atom stereocenters. The van der Waals surface area contributed by atoms with E-state index in [9.17, 15) is 9.59 Å². The summed E-state index contributed by atoms with van der Waals surface area (Å²) in [5.74, 6) is 2.01. The number of carbonyl (C=O) groups is 2. The van der Waals surface area contributed by atoms with Crippen molar-refractivity contribution in [3.63, 3.8) is 0 Å². The van der Waals surface area contributed by atoms with E-state index in [2.05, 4.69) is 23.8 Å². The normalized spacial score (nSPS) is 18.3. The van der Waals surface area contributed by atoms with E-state index in [0.29, 0.717) is 80.1 Å². The molecule has 1 amide bonds. The van der Waals surface area contributed by atoms with Crippen LogP contribution in [0.3, 0.4) is 0 Å². The first-order chi connectivity index (χ1) is 14.3. The van der Waals surface area contributed by atoms with Gasteiger partial charge in [-0.15, -0.1) is 0 Å². The molecule has 8 heteroatoms. The van der Waals surface area contributed by atoms with Gasteiger partial charge in [0, 0.05) is 56.8 Å². The number of Topliss-reactive ketones (excluding diaryl/α,β-unsaturated/α-hetero) is 1. The summed E-state index contributed by atoms with van der Waals surface area (Å²) in [5, 5.41) is 0. The predicted molar refractivity (Wildman–Crippen MR) is 111 cm³/mol. The Morgan fingerprint density at radius 3 is 2.67 bits per heavy atom. The molecule has 0 saturated carbocycles. The molecule has 0 N–H and O–H groups in total. The average Bonchev–Trinajstić information content (AvgIpc) is 3.03. The summed E-state index contributed by atoms with van der Waals surface area (Å²) < 4.78 is 11.4. The second-order valence-corrected chi connectivity index (χ2v) is 8.70. The van der Waals surface area contributed by atoms with Crippen LogP contribution in [0, 0.1) is 12.3 Å². The minimum absolute atomic E-state index is 0.0673. The van der Waals surface area contributed by atoms with Gasteiger partial charge in [-0.2, -0.15) is 4.98 Å². The molecule has 2 aliphatic rings. The highest BCUT2D eigenvalue weighted by Crippen LogP contribution is 2.38. The van der Waals surface area contributed by atoms with Crippen LogP contribution in [0.5, 0.6) is 5.88 Å². The molecule has 2 aromatic heterocycles. The molecule has 1 aliphatic heterocycles. The van der Waals surface area contributed by atoms with Crippen molar-refractivity contribution in [3.05, 3.63) is 34.9 Å². The zero-order valence-electron chi connectivity index (χ0n) is 18.0. The van der Waals surface area contributed by atoms with Crippen LogP contribution >= 0.6 is 0 Å². The number of piperazine rings is 1. The molecule has 8 nitrogen and oxygen atoms in total. The van der Waals surface area contributed by atoms with Crippen LogP contribution in [-0.4, -0.2) is 59.3 Å². The van der Waals surface area contributed by atoms with Gasteiger partial charge in [-0.1, -0.05) is 13.8 Å². The maximum Gasteiger partial charge on any atom is 0.289 e. The van der Waals surface area contributed by atoms with E-state index in [4.69, 9.17) is 9.15 Å². The molecule has 1 saturated heterocycles. The molecule has 0 aromatic carbocycles. The van der Waals surface area contributed by atoms with Crippen molar-refractivity contribution in [3.8, 4) is 5.88 Å². The summed E-state index contributed by atoms with van der Waals surface area (Å²) in [6.07, 6.45) is 2.83. The highest BCUT2D eigenvalue weighted by atomic mass is 16.5. The molecule has 4 rings (SSSR count). The van der Waals surface area contributed by atoms with Crippen LogP contribution in [-0.2, 0) is 6.42 Å². The fourth-order valence-electron chi connectivity index (χ4n) is 4.25. The summed E-state index contributed by atoms with van der Waals surface area (Å²) in [6, 6.07) is 1.73. The lowest BCUT2D eigenvalue weighted by Gasteiger charge is -2.34. The Hall–Kier alpha value is -2.90. The monoisotopic (exact) mass is 412 g/mol. The van der Waals surface area contributed by atoms with Crippen molar-refractivity contribution in [1.82, 2.24) is 14.9 Å². The third-order valence-corrected chi connectivity index (χ3v) is 5.73. The Balaban J connectivity index is 1.47. The Labute approximate surface area is 176 Å². The highest BCUT2D eigenvalue weighted by Gasteiger charge is 2.38. The van der Waals surface area contributed by atoms with E-state index < -0.39 is 0 Å². The third-order valence-electron chi connectivity index (χ3n) is 5.73. The molecule has 2 aromatic rings. The Bertz CT molecular complexity index is 974. The van der Waals surface area contributed by atoms with E-state index in [1.165, 1.54) is 0 Å². The largest absolute Gasteiger partial charge is 0.478 e. The minimum atomic E-state index is -0.156. The zero-order chi connectivity index (χ0) is 21.5. The maximum atomic E-state index is 13.1. The molecular formula is C22H28N4O4. The number of nitrogens with zero attached hydrogens (tertiary/aromatic N) is 4. The van der Waals surface area contributed by atoms with Crippen molar-refractivity contribution >= 4 is 17.6 Å². The van der Waals surface area contributed by atoms with E-state index in [1.807, 2.05) is 18.7 Å². The van der Waals surface area contributed by atoms with Crippen LogP contribution in [0.1, 0.15) is 59.4 Å². The first kappa shape index (κ1) is 20.4. The van der Waals surface area contributed by atoms with E-state index in [0.717, 1.165) is 0 Å². The fraction of sp³-hybridized carbons (Fsp3) is 0.545. The molecule has 0 spiro atoms. The smallest absolute Gasteiger partial charge is 0.289 e. The number of ketones is 1. The van der Waals surface area contributed by atoms with Gasteiger partial charge in [0.2, 0.25) is 11.8 Å². The second kappa shape index (κ2) is 7.74. The van der Waals surface area contributed by atoms with Crippen LogP contribution in [0.15, 0.2) is 16.7 Å². The molecule has 1 fully saturated rings. The number of ether oxygens (including phenoxy) is 1. The Morgan fingerprint density at radius 1 is 1.23 bits per heavy atom. The standard InChI is InChI=1S/C22H28N4O4/c1-5-29-17-6-7-23-21(24-17)26-10-8-25(9-11-26)20(28)19-14(2)18-15(27)12-22(3,4)13-16(18)30-19/h6-7H,5,8-13H2,1-4H3. The second-order valence-electron chi connectivity index (χ2n) is 8.70. The molecule has 160 valence electrons. The topological polar surface area (TPSA) is 88.8 Å². The first-order valence-corrected chi connectivity index (χ1v) is 10.4. The lowest BCUT2D eigenvalue weighted by atomic mass is 9.76. The lowest BCUT2D eigenvalue weighted by Crippen LogP contribution is -2.49. The maximum absolute atomic E-state index is 13.1. The molecule has 1 aliphatic carbocycles. The molecular weight excluding hydrogens is 384 g/mol. The number of hydrogen-bond acceptors (Lipinski definition) is 7. The number of amides is 1. The molecule has 0 atom stereocenters. The van der Waals surface area contributed by atoms with Crippen LogP contribution in [0.25, 0.3) is 0 Å². The van der Waals surface area contributed by atoms with E-state index in [1.54, 1.807) is 17.2 Å². The predicted octanol–water partition coefficient (Wildman–Crippen LogP) is 2.89. The van der Waals surface area contributed by atoms with Crippen molar-refractivity contribution in [1.29, 1.82) is 0 Å². The Morgan fingerprint density at radius 2 is 1.97 bits per heavy atom. The highest BCUT2D eigenvalue weighted by molar-refractivity contribution is 6.03. The third kappa shape index (κ3) is 3.78. The van der Waals surface area contributed by atoms with Gasteiger partial charge in [0.1, 0.15) is 5.76 Å². The van der Waals surface area contributed by atoms with Gasteiger partial charge in [-0.05, 0) is 19.3 Å². The number of rotatable bonds is 4. The minimum Gasteiger partial charge on any atom is -0.478 e. The van der Waals surface area contributed by atoms with Crippen LogP contribution in [0.2, 0.25) is 0 Å². The van der Waals surface area contributed by atoms with Gasteiger partial charge < -0.3 is 19.0 Å². The molecule has 0 radical (unpaired) electrons. The SMILES string of the molecule is CCOc1ccnc(N2CCN(C(=O)c3oc4c(c3C)C(=O)CC(C)(C)C4)CC2)n1. The van der Waals surface area contributed by atoms with Crippen molar-refractivity contribution in [2.45, 2.75) is 40.5 Å². The van der Waals surface area contributed by atoms with Gasteiger partial charge in [-0.25, -0.2) is 4.98 Å². The number of hydrogen-bond donors (Lipinski definition) is 0. The average molecular weight is 412 g/mol. The van der Waals surface area contributed by atoms with Gasteiger partial charge in [0.15, 0.2) is 11.5 Å². The Kier molecular flexibility index (Phi) is 5.26. The van der Waals surface area contributed by atoms with Gasteiger partial charge in [-0.3, -0.25) is 9.59 Å². The summed E-state index contributed by atoms with van der Waals surface area (Å²) >= 11 is 0. The van der Waals surface area contributed by atoms with Crippen molar-refractivity contribution < 1.29 is 18.7 Å². The van der Waals surface area contributed by atoms with Crippen LogP contribution in [0.4, 0.5) is 5.95 Å².